The van der Waals surface area contributed by atoms with Crippen LogP contribution >= 0.6 is 34.8 Å². The molecule has 0 spiro atoms. The van der Waals surface area contributed by atoms with Crippen molar-refractivity contribution in [3.63, 3.8) is 0 Å². The van der Waals surface area contributed by atoms with Crippen LogP contribution in [0.3, 0.4) is 0 Å². The molecule has 158 valence electrons. The lowest BCUT2D eigenvalue weighted by Crippen LogP contribution is -2.36. The lowest BCUT2D eigenvalue weighted by molar-refractivity contribution is -0.114. The summed E-state index contributed by atoms with van der Waals surface area (Å²) in [5.74, 6) is -1.80. The van der Waals surface area contributed by atoms with E-state index in [-0.39, 0.29) is 22.3 Å². The molecule has 0 fully saturated rings. The van der Waals surface area contributed by atoms with Crippen LogP contribution in [0, 0.1) is 22.7 Å². The van der Waals surface area contributed by atoms with Gasteiger partial charge in [-0.2, -0.15) is 15.6 Å². The second-order valence-electron chi connectivity index (χ2n) is 5.83. The summed E-state index contributed by atoms with van der Waals surface area (Å²) in [7, 11) is 0. The third-order valence-corrected chi connectivity index (χ3v) is 4.69. The Morgan fingerprint density at radius 3 is 2.26 bits per heavy atom. The molecule has 1 unspecified atom stereocenters. The molecule has 8 nitrogen and oxygen atoms in total. The van der Waals surface area contributed by atoms with Crippen molar-refractivity contribution in [1.29, 1.82) is 10.5 Å². The summed E-state index contributed by atoms with van der Waals surface area (Å²) in [5.41, 5.74) is 3.13. The topological polar surface area (TPSA) is 127 Å². The van der Waals surface area contributed by atoms with Crippen molar-refractivity contribution in [3.8, 4) is 12.1 Å². The summed E-state index contributed by atoms with van der Waals surface area (Å²) in [6, 6.07) is 13.3. The van der Waals surface area contributed by atoms with Gasteiger partial charge in [-0.1, -0.05) is 46.9 Å². The fraction of sp³-hybridized carbons (Fsp3) is 0.150. The van der Waals surface area contributed by atoms with Crippen LogP contribution in [-0.4, -0.2) is 24.3 Å². The first-order valence-electron chi connectivity index (χ1n) is 8.66. The third-order valence-electron chi connectivity index (χ3n) is 3.81. The highest BCUT2D eigenvalue weighted by molar-refractivity contribution is 6.47. The predicted molar refractivity (Wildman–Crippen MR) is 117 cm³/mol. The van der Waals surface area contributed by atoms with Crippen molar-refractivity contribution in [1.82, 2.24) is 5.32 Å². The van der Waals surface area contributed by atoms with Crippen LogP contribution in [0.1, 0.15) is 24.0 Å². The van der Waals surface area contributed by atoms with Crippen LogP contribution in [0.25, 0.3) is 0 Å². The second kappa shape index (κ2) is 11.2. The van der Waals surface area contributed by atoms with E-state index in [0.29, 0.717) is 16.1 Å². The van der Waals surface area contributed by atoms with Crippen LogP contribution in [0.15, 0.2) is 41.5 Å². The monoisotopic (exact) mass is 477 g/mol. The molecule has 0 aliphatic heterocycles. The third kappa shape index (κ3) is 6.34. The molecule has 1 atom stereocenters. The molecule has 2 aromatic rings. The Bertz CT molecular complexity index is 1080. The number of carbonyl (C=O) groups is 2. The lowest BCUT2D eigenvalue weighted by atomic mass is 9.92. The minimum Gasteiger partial charge on any atom is -0.450 e. The Morgan fingerprint density at radius 1 is 1.13 bits per heavy atom. The highest BCUT2D eigenvalue weighted by Crippen LogP contribution is 2.38. The maximum absolute atomic E-state index is 11.9. The van der Waals surface area contributed by atoms with Crippen molar-refractivity contribution < 1.29 is 14.3 Å². The quantitative estimate of drug-likeness (QED) is 0.450. The predicted octanol–water partition coefficient (Wildman–Crippen LogP) is 4.87. The Labute approximate surface area is 193 Å². The fourth-order valence-corrected chi connectivity index (χ4v) is 3.28. The lowest BCUT2D eigenvalue weighted by Gasteiger charge is -2.15. The van der Waals surface area contributed by atoms with Crippen LogP contribution in [0.4, 0.5) is 10.5 Å². The molecule has 0 aromatic heterocycles. The number of benzene rings is 2. The molecule has 2 amide bonds. The number of amides is 2. The molecular weight excluding hydrogens is 465 g/mol. The Morgan fingerprint density at radius 2 is 1.74 bits per heavy atom. The van der Waals surface area contributed by atoms with E-state index < -0.39 is 23.6 Å². The molecule has 31 heavy (non-hydrogen) atoms. The number of nitrogens with zero attached hydrogens (tertiary/aromatic N) is 3. The molecular formula is C20H14Cl3N5O3. The number of hydrogen-bond donors (Lipinski definition) is 2. The van der Waals surface area contributed by atoms with Gasteiger partial charge in [-0.25, -0.2) is 4.79 Å². The number of anilines is 1. The van der Waals surface area contributed by atoms with Crippen LogP contribution in [-0.2, 0) is 9.53 Å². The van der Waals surface area contributed by atoms with Gasteiger partial charge >= 0.3 is 6.09 Å². The first kappa shape index (κ1) is 24.0. The minimum atomic E-state index is -1.05. The van der Waals surface area contributed by atoms with Gasteiger partial charge in [-0.15, -0.1) is 0 Å². The molecule has 0 saturated carbocycles. The van der Waals surface area contributed by atoms with Crippen LogP contribution in [0.2, 0.25) is 15.1 Å². The number of imide groups is 1. The van der Waals surface area contributed by atoms with Gasteiger partial charge in [0, 0.05) is 20.6 Å². The molecule has 2 N–H and O–H groups in total. The number of hydrazone groups is 1. The maximum atomic E-state index is 11.9. The van der Waals surface area contributed by atoms with Crippen LogP contribution < -0.4 is 10.7 Å². The van der Waals surface area contributed by atoms with Crippen molar-refractivity contribution >= 4 is 58.2 Å². The number of rotatable bonds is 6. The van der Waals surface area contributed by atoms with Gasteiger partial charge in [0.05, 0.1) is 24.3 Å². The summed E-state index contributed by atoms with van der Waals surface area (Å²) >= 11 is 18.6. The first-order chi connectivity index (χ1) is 14.8. The molecule has 0 saturated heterocycles. The fourth-order valence-electron chi connectivity index (χ4n) is 2.45. The maximum Gasteiger partial charge on any atom is 0.414 e. The van der Waals surface area contributed by atoms with E-state index in [2.05, 4.69) is 21.3 Å². The van der Waals surface area contributed by atoms with Gasteiger partial charge in [0.25, 0.3) is 5.91 Å². The Balaban J connectivity index is 2.27. The SMILES string of the molecule is CCOC(=O)NC(=O)C(C#N)=NNc1cc(Cl)c(C(C#N)c2ccc(Cl)cc2)c(Cl)c1. The number of carbonyl (C=O) groups excluding carboxylic acids is 2. The van der Waals surface area contributed by atoms with Gasteiger partial charge < -0.3 is 4.74 Å². The van der Waals surface area contributed by atoms with E-state index in [1.807, 2.05) is 5.32 Å². The minimum absolute atomic E-state index is 0.0550. The molecule has 0 radical (unpaired) electrons. The standard InChI is InChI=1S/C20H14Cl3N5O3/c1-2-31-20(30)26-19(29)17(10-25)28-27-13-7-15(22)18(16(23)8-13)14(9-24)11-3-5-12(21)6-4-11/h3-8,14,27H,2H2,1H3,(H,26,29,30). The van der Waals surface area contributed by atoms with Gasteiger partial charge in [0.15, 0.2) is 0 Å². The van der Waals surface area contributed by atoms with Crippen molar-refractivity contribution in [2.75, 3.05) is 12.0 Å². The largest absolute Gasteiger partial charge is 0.450 e. The van der Waals surface area contributed by atoms with Gasteiger partial charge in [0.2, 0.25) is 5.71 Å². The second-order valence-corrected chi connectivity index (χ2v) is 7.08. The van der Waals surface area contributed by atoms with Crippen molar-refractivity contribution in [2.24, 2.45) is 5.10 Å². The number of hydrogen-bond acceptors (Lipinski definition) is 7. The molecule has 0 aliphatic rings. The number of halogens is 3. The average molecular weight is 479 g/mol. The number of nitriles is 2. The summed E-state index contributed by atoms with van der Waals surface area (Å²) in [5, 5.41) is 25.1. The zero-order chi connectivity index (χ0) is 23.0. The molecule has 0 heterocycles. The molecule has 2 aromatic carbocycles. The Kier molecular flexibility index (Phi) is 8.65. The summed E-state index contributed by atoms with van der Waals surface area (Å²) in [6.07, 6.45) is -1.00. The number of alkyl carbamates (subject to hydrolysis) is 1. The van der Waals surface area contributed by atoms with Crippen molar-refractivity contribution in [3.05, 3.63) is 62.6 Å². The van der Waals surface area contributed by atoms with Gasteiger partial charge in [0.1, 0.15) is 6.07 Å². The normalized spacial score (nSPS) is 11.6. The molecule has 0 bridgehead atoms. The van der Waals surface area contributed by atoms with E-state index in [1.54, 1.807) is 37.3 Å². The Hall–Kier alpha value is -3.30. The first-order valence-corrected chi connectivity index (χ1v) is 9.80. The van der Waals surface area contributed by atoms with E-state index in [9.17, 15) is 14.9 Å². The smallest absolute Gasteiger partial charge is 0.414 e. The zero-order valence-electron chi connectivity index (χ0n) is 15.9. The van der Waals surface area contributed by atoms with Crippen molar-refractivity contribution in [2.45, 2.75) is 12.8 Å². The average Bonchev–Trinajstić information content (AvgIpc) is 2.72. The zero-order valence-corrected chi connectivity index (χ0v) is 18.2. The van der Waals surface area contributed by atoms with E-state index in [0.717, 1.165) is 0 Å². The summed E-state index contributed by atoms with van der Waals surface area (Å²) in [4.78, 5) is 23.2. The van der Waals surface area contributed by atoms with E-state index in [1.165, 1.54) is 12.1 Å². The van der Waals surface area contributed by atoms with Gasteiger partial charge in [-0.05, 0) is 36.8 Å². The highest BCUT2D eigenvalue weighted by atomic mass is 35.5. The number of ether oxygens (including phenoxy) is 1. The van der Waals surface area contributed by atoms with E-state index in [4.69, 9.17) is 40.1 Å². The summed E-state index contributed by atoms with van der Waals surface area (Å²) in [6.45, 7) is 1.62. The molecule has 11 heteroatoms. The number of nitrogens with one attached hydrogen (secondary N) is 2. The van der Waals surface area contributed by atoms with E-state index >= 15 is 0 Å². The summed E-state index contributed by atoms with van der Waals surface area (Å²) < 4.78 is 4.57. The highest BCUT2D eigenvalue weighted by Gasteiger charge is 2.21. The van der Waals surface area contributed by atoms with Gasteiger partial charge in [-0.3, -0.25) is 15.5 Å². The molecule has 0 aliphatic carbocycles. The van der Waals surface area contributed by atoms with Crippen LogP contribution in [0.5, 0.6) is 0 Å². The molecule has 2 rings (SSSR count).